The zero-order valence-corrected chi connectivity index (χ0v) is 16.6. The van der Waals surface area contributed by atoms with Crippen LogP contribution in [0.15, 0.2) is 24.3 Å². The van der Waals surface area contributed by atoms with Crippen LogP contribution in [0.5, 0.6) is 0 Å². The second-order valence-electron chi connectivity index (χ2n) is 8.15. The zero-order valence-electron chi connectivity index (χ0n) is 15.8. The number of hydrogen-bond donors (Lipinski definition) is 2. The van der Waals surface area contributed by atoms with Gasteiger partial charge in [0.1, 0.15) is 0 Å². The Hall–Kier alpha value is -1.59. The summed E-state index contributed by atoms with van der Waals surface area (Å²) in [5.74, 6) is 0.862. The monoisotopic (exact) mass is 391 g/mol. The van der Waals surface area contributed by atoms with Crippen LogP contribution >= 0.6 is 12.4 Å². The molecule has 6 heteroatoms. The predicted octanol–water partition coefficient (Wildman–Crippen LogP) is 2.77. The molecule has 4 rings (SSSR count). The maximum Gasteiger partial charge on any atom is 0.223 e. The SMILES string of the molecule is Cl.O=C(CC1CC2CCC(C1)N2)NCCCC(=O)N1Cc2ccccc2C1. The lowest BCUT2D eigenvalue weighted by atomic mass is 9.89. The van der Waals surface area contributed by atoms with Crippen molar-refractivity contribution in [1.82, 2.24) is 15.5 Å². The van der Waals surface area contributed by atoms with E-state index in [1.54, 1.807) is 0 Å². The van der Waals surface area contributed by atoms with Crippen LogP contribution in [0.25, 0.3) is 0 Å². The minimum Gasteiger partial charge on any atom is -0.356 e. The highest BCUT2D eigenvalue weighted by molar-refractivity contribution is 5.85. The van der Waals surface area contributed by atoms with Crippen molar-refractivity contribution in [2.24, 2.45) is 5.92 Å². The molecule has 2 N–H and O–H groups in total. The molecule has 2 saturated heterocycles. The number of carbonyl (C=O) groups excluding carboxylic acids is 2. The molecule has 0 saturated carbocycles. The smallest absolute Gasteiger partial charge is 0.223 e. The summed E-state index contributed by atoms with van der Waals surface area (Å²) >= 11 is 0. The molecule has 0 radical (unpaired) electrons. The molecule has 1 aromatic carbocycles. The number of carbonyl (C=O) groups is 2. The number of rotatable bonds is 6. The van der Waals surface area contributed by atoms with E-state index in [0.717, 1.165) is 32.4 Å². The van der Waals surface area contributed by atoms with E-state index in [9.17, 15) is 9.59 Å². The fourth-order valence-corrected chi connectivity index (χ4v) is 4.81. The highest BCUT2D eigenvalue weighted by Crippen LogP contribution is 2.32. The molecule has 0 spiro atoms. The van der Waals surface area contributed by atoms with Gasteiger partial charge in [-0.05, 0) is 49.1 Å². The molecule has 1 aromatic rings. The van der Waals surface area contributed by atoms with Gasteiger partial charge in [0.2, 0.25) is 11.8 Å². The Bertz CT molecular complexity index is 644. The maximum atomic E-state index is 12.4. The van der Waals surface area contributed by atoms with Gasteiger partial charge in [-0.2, -0.15) is 0 Å². The van der Waals surface area contributed by atoms with E-state index in [-0.39, 0.29) is 24.2 Å². The molecule has 2 fully saturated rings. The Morgan fingerprint density at radius 3 is 2.33 bits per heavy atom. The van der Waals surface area contributed by atoms with Gasteiger partial charge in [0.15, 0.2) is 0 Å². The van der Waals surface area contributed by atoms with E-state index < -0.39 is 0 Å². The lowest BCUT2D eigenvalue weighted by molar-refractivity contribution is -0.132. The van der Waals surface area contributed by atoms with Crippen LogP contribution in [0, 0.1) is 5.92 Å². The number of amides is 2. The van der Waals surface area contributed by atoms with Gasteiger partial charge in [-0.15, -0.1) is 12.4 Å². The third-order valence-corrected chi connectivity index (χ3v) is 6.13. The minimum atomic E-state index is 0. The van der Waals surface area contributed by atoms with Crippen molar-refractivity contribution in [2.75, 3.05) is 6.54 Å². The summed E-state index contributed by atoms with van der Waals surface area (Å²) in [5, 5.41) is 6.63. The predicted molar refractivity (Wildman–Crippen MR) is 107 cm³/mol. The first-order valence-corrected chi connectivity index (χ1v) is 10.0. The first-order chi connectivity index (χ1) is 12.7. The Balaban J connectivity index is 0.00000210. The molecule has 3 heterocycles. The van der Waals surface area contributed by atoms with Crippen molar-refractivity contribution in [3.63, 3.8) is 0 Å². The first-order valence-electron chi connectivity index (χ1n) is 10.0. The fraction of sp³-hybridized carbons (Fsp3) is 0.619. The summed E-state index contributed by atoms with van der Waals surface area (Å²) in [6, 6.07) is 9.50. The molecule has 5 nitrogen and oxygen atoms in total. The molecule has 2 bridgehead atoms. The van der Waals surface area contributed by atoms with Gasteiger partial charge in [-0.25, -0.2) is 0 Å². The maximum absolute atomic E-state index is 12.4. The second-order valence-corrected chi connectivity index (χ2v) is 8.15. The fourth-order valence-electron chi connectivity index (χ4n) is 4.81. The molecule has 0 aromatic heterocycles. The van der Waals surface area contributed by atoms with E-state index in [2.05, 4.69) is 22.8 Å². The zero-order chi connectivity index (χ0) is 17.9. The number of nitrogens with one attached hydrogen (secondary N) is 2. The van der Waals surface area contributed by atoms with Crippen LogP contribution in [-0.2, 0) is 22.7 Å². The normalized spacial score (nSPS) is 25.6. The molecule has 27 heavy (non-hydrogen) atoms. The summed E-state index contributed by atoms with van der Waals surface area (Å²) in [6.07, 6.45) is 6.68. The van der Waals surface area contributed by atoms with Crippen molar-refractivity contribution >= 4 is 24.2 Å². The number of nitrogens with zero attached hydrogens (tertiary/aromatic N) is 1. The summed E-state index contributed by atoms with van der Waals surface area (Å²) in [7, 11) is 0. The lowest BCUT2D eigenvalue weighted by Crippen LogP contribution is -2.39. The molecule has 2 atom stereocenters. The molecule has 3 aliphatic rings. The third kappa shape index (κ3) is 5.02. The average molecular weight is 392 g/mol. The van der Waals surface area contributed by atoms with Crippen LogP contribution < -0.4 is 10.6 Å². The molecular weight excluding hydrogens is 362 g/mol. The second kappa shape index (κ2) is 9.07. The largest absolute Gasteiger partial charge is 0.356 e. The lowest BCUT2D eigenvalue weighted by Gasteiger charge is -2.28. The van der Waals surface area contributed by atoms with Crippen LogP contribution in [-0.4, -0.2) is 35.3 Å². The van der Waals surface area contributed by atoms with Crippen molar-refractivity contribution in [3.05, 3.63) is 35.4 Å². The van der Waals surface area contributed by atoms with Crippen LogP contribution in [0.2, 0.25) is 0 Å². The van der Waals surface area contributed by atoms with E-state index in [4.69, 9.17) is 0 Å². The minimum absolute atomic E-state index is 0. The van der Waals surface area contributed by atoms with Gasteiger partial charge < -0.3 is 15.5 Å². The van der Waals surface area contributed by atoms with Crippen molar-refractivity contribution in [2.45, 2.75) is 70.1 Å². The van der Waals surface area contributed by atoms with Crippen molar-refractivity contribution in [1.29, 1.82) is 0 Å². The number of piperidine rings is 1. The van der Waals surface area contributed by atoms with Crippen molar-refractivity contribution in [3.8, 4) is 0 Å². The molecule has 148 valence electrons. The quantitative estimate of drug-likeness (QED) is 0.733. The summed E-state index contributed by atoms with van der Waals surface area (Å²) in [4.78, 5) is 26.4. The van der Waals surface area contributed by atoms with E-state index >= 15 is 0 Å². The van der Waals surface area contributed by atoms with E-state index in [0.29, 0.717) is 37.4 Å². The van der Waals surface area contributed by atoms with Crippen LogP contribution in [0.4, 0.5) is 0 Å². The highest BCUT2D eigenvalue weighted by atomic mass is 35.5. The Morgan fingerprint density at radius 2 is 1.70 bits per heavy atom. The van der Waals surface area contributed by atoms with Gasteiger partial charge >= 0.3 is 0 Å². The number of halogens is 1. The van der Waals surface area contributed by atoms with Gasteiger partial charge in [0, 0.05) is 44.6 Å². The third-order valence-electron chi connectivity index (χ3n) is 6.13. The summed E-state index contributed by atoms with van der Waals surface area (Å²) in [5.41, 5.74) is 2.51. The molecular formula is C21H30ClN3O2. The standard InChI is InChI=1S/C21H29N3O2.ClH/c25-20(12-15-10-18-7-8-19(11-15)23-18)22-9-3-6-21(26)24-13-16-4-1-2-5-17(16)14-24;/h1-2,4-5,15,18-19,23H,3,6-14H2,(H,22,25);1H. The van der Waals surface area contributed by atoms with E-state index in [1.165, 1.54) is 24.0 Å². The molecule has 3 aliphatic heterocycles. The summed E-state index contributed by atoms with van der Waals surface area (Å²) in [6.45, 7) is 2.04. The highest BCUT2D eigenvalue weighted by Gasteiger charge is 2.34. The topological polar surface area (TPSA) is 61.4 Å². The van der Waals surface area contributed by atoms with Gasteiger partial charge in [-0.3, -0.25) is 9.59 Å². The molecule has 2 amide bonds. The van der Waals surface area contributed by atoms with Crippen LogP contribution in [0.3, 0.4) is 0 Å². The number of hydrogen-bond acceptors (Lipinski definition) is 3. The summed E-state index contributed by atoms with van der Waals surface area (Å²) < 4.78 is 0. The first kappa shape index (κ1) is 20.2. The molecule has 0 aliphatic carbocycles. The number of fused-ring (bicyclic) bond motifs is 3. The van der Waals surface area contributed by atoms with Gasteiger partial charge in [-0.1, -0.05) is 24.3 Å². The van der Waals surface area contributed by atoms with Gasteiger partial charge in [0.25, 0.3) is 0 Å². The Labute approximate surface area is 167 Å². The Morgan fingerprint density at radius 1 is 1.07 bits per heavy atom. The van der Waals surface area contributed by atoms with Crippen molar-refractivity contribution < 1.29 is 9.59 Å². The molecule has 2 unspecified atom stereocenters. The van der Waals surface area contributed by atoms with E-state index in [1.807, 2.05) is 17.0 Å². The Kier molecular flexibility index (Phi) is 6.77. The number of benzene rings is 1. The average Bonchev–Trinajstić information content (AvgIpc) is 3.21. The van der Waals surface area contributed by atoms with Crippen LogP contribution in [0.1, 0.15) is 56.1 Å². The van der Waals surface area contributed by atoms with Gasteiger partial charge in [0.05, 0.1) is 0 Å².